The number of aliphatic hydroxyl groups excluding tert-OH is 1. The van der Waals surface area contributed by atoms with Crippen molar-refractivity contribution in [2.45, 2.75) is 49.5 Å². The molecule has 30 heavy (non-hydrogen) atoms. The first-order valence-electron chi connectivity index (χ1n) is 11.3. The molecule has 5 aliphatic rings. The van der Waals surface area contributed by atoms with Crippen LogP contribution in [0, 0.1) is 23.7 Å². The summed E-state index contributed by atoms with van der Waals surface area (Å²) in [6.07, 6.45) is 4.70. The van der Waals surface area contributed by atoms with Crippen molar-refractivity contribution < 1.29 is 9.90 Å². The second-order valence-electron chi connectivity index (χ2n) is 10.1. The summed E-state index contributed by atoms with van der Waals surface area (Å²) in [5.74, 6) is 3.20. The molecule has 0 radical (unpaired) electrons. The molecule has 1 amide bonds. The number of carbonyl (C=O) groups excluding carboxylic acids is 1. The van der Waals surface area contributed by atoms with Gasteiger partial charge in [-0.05, 0) is 65.3 Å². The molecule has 1 N–H and O–H groups in total. The predicted octanol–water partition coefficient (Wildman–Crippen LogP) is 1.89. The molecule has 2 heterocycles. The molecule has 2 aromatic rings. The van der Waals surface area contributed by atoms with E-state index in [1.165, 1.54) is 5.56 Å². The lowest BCUT2D eigenvalue weighted by atomic mass is 9.42. The Morgan fingerprint density at radius 3 is 2.30 bits per heavy atom. The van der Waals surface area contributed by atoms with Crippen molar-refractivity contribution in [2.75, 3.05) is 13.1 Å². The van der Waals surface area contributed by atoms with Crippen LogP contribution in [0.25, 0.3) is 0 Å². The number of aromatic nitrogens is 4. The average Bonchev–Trinajstić information content (AvgIpc) is 3.11. The summed E-state index contributed by atoms with van der Waals surface area (Å²) < 4.78 is 1.71. The number of aryl methyl sites for hydroxylation is 1. The van der Waals surface area contributed by atoms with Crippen LogP contribution < -0.4 is 0 Å². The van der Waals surface area contributed by atoms with E-state index < -0.39 is 0 Å². The van der Waals surface area contributed by atoms with Crippen LogP contribution in [0.1, 0.15) is 49.4 Å². The first-order valence-corrected chi connectivity index (χ1v) is 11.3. The second-order valence-corrected chi connectivity index (χ2v) is 10.1. The summed E-state index contributed by atoms with van der Waals surface area (Å²) in [4.78, 5) is 15.5. The fourth-order valence-corrected chi connectivity index (χ4v) is 7.36. The van der Waals surface area contributed by atoms with Gasteiger partial charge in [0.1, 0.15) is 0 Å². The van der Waals surface area contributed by atoms with Crippen molar-refractivity contribution in [2.24, 2.45) is 30.7 Å². The van der Waals surface area contributed by atoms with Crippen LogP contribution in [-0.4, -0.2) is 55.3 Å². The summed E-state index contributed by atoms with van der Waals surface area (Å²) in [6.45, 7) is 1.41. The molecule has 0 unspecified atom stereocenters. The average molecular weight is 408 g/mol. The Kier molecular flexibility index (Phi) is 4.07. The van der Waals surface area contributed by atoms with Crippen molar-refractivity contribution in [3.8, 4) is 0 Å². The Labute approximate surface area is 176 Å². The van der Waals surface area contributed by atoms with E-state index >= 15 is 0 Å². The van der Waals surface area contributed by atoms with Crippen LogP contribution >= 0.6 is 0 Å². The van der Waals surface area contributed by atoms with Crippen LogP contribution in [0.2, 0.25) is 0 Å². The molecule has 158 valence electrons. The third-order valence-corrected chi connectivity index (χ3v) is 8.78. The smallest absolute Gasteiger partial charge is 0.223 e. The lowest BCUT2D eigenvalue weighted by molar-refractivity contribution is -0.155. The summed E-state index contributed by atoms with van der Waals surface area (Å²) in [6, 6.07) is 10.8. The van der Waals surface area contributed by atoms with Gasteiger partial charge in [-0.3, -0.25) is 4.79 Å². The molecule has 7 nitrogen and oxygen atoms in total. The zero-order valence-corrected chi connectivity index (χ0v) is 17.4. The molecule has 4 aliphatic carbocycles. The molecule has 1 aromatic heterocycles. The highest BCUT2D eigenvalue weighted by Crippen LogP contribution is 2.64. The van der Waals surface area contributed by atoms with Gasteiger partial charge in [0.05, 0.1) is 12.0 Å². The Morgan fingerprint density at radius 2 is 1.73 bits per heavy atom. The first kappa shape index (κ1) is 18.5. The van der Waals surface area contributed by atoms with Gasteiger partial charge in [-0.25, -0.2) is 4.68 Å². The van der Waals surface area contributed by atoms with Crippen LogP contribution in [0.5, 0.6) is 0 Å². The van der Waals surface area contributed by atoms with Crippen LogP contribution in [0.15, 0.2) is 30.3 Å². The van der Waals surface area contributed by atoms with E-state index in [1.807, 2.05) is 11.9 Å². The zero-order valence-electron chi connectivity index (χ0n) is 17.4. The van der Waals surface area contributed by atoms with Gasteiger partial charge in [-0.1, -0.05) is 30.3 Å². The zero-order chi connectivity index (χ0) is 20.5. The first-order chi connectivity index (χ1) is 14.6. The Hall–Kier alpha value is -2.28. The highest BCUT2D eigenvalue weighted by molar-refractivity contribution is 5.79. The normalized spacial score (nSPS) is 37.4. The van der Waals surface area contributed by atoms with E-state index in [0.29, 0.717) is 43.2 Å². The molecular formula is C23H29N5O2. The molecule has 7 rings (SSSR count). The maximum Gasteiger partial charge on any atom is 0.223 e. The molecule has 4 bridgehead atoms. The van der Waals surface area contributed by atoms with Gasteiger partial charge in [-0.15, -0.1) is 5.10 Å². The van der Waals surface area contributed by atoms with E-state index in [2.05, 4.69) is 45.9 Å². The van der Waals surface area contributed by atoms with Crippen molar-refractivity contribution in [3.63, 3.8) is 0 Å². The number of hydrogen-bond donors (Lipinski definition) is 1. The Morgan fingerprint density at radius 1 is 1.10 bits per heavy atom. The molecular weight excluding hydrogens is 378 g/mol. The number of tetrazole rings is 1. The minimum Gasteiger partial charge on any atom is -0.393 e. The largest absolute Gasteiger partial charge is 0.393 e. The third-order valence-electron chi connectivity index (χ3n) is 8.78. The standard InChI is InChI=1S/C23H29N5O2/c1-27-22(24-25-26-27)16-12-28(13-16)20(29)11-23(17-5-3-2-4-6-17)18-7-14-8-19(23)10-15(9-18)21(14)30/h2-6,14-16,18-19,21,30H,7-13H2,1H3. The highest BCUT2D eigenvalue weighted by Gasteiger charge is 2.61. The molecule has 5 fully saturated rings. The van der Waals surface area contributed by atoms with Gasteiger partial charge in [0.2, 0.25) is 5.91 Å². The number of aliphatic hydroxyl groups is 1. The predicted molar refractivity (Wildman–Crippen MR) is 109 cm³/mol. The van der Waals surface area contributed by atoms with Gasteiger partial charge in [0, 0.05) is 32.0 Å². The highest BCUT2D eigenvalue weighted by atomic mass is 16.3. The van der Waals surface area contributed by atoms with Crippen molar-refractivity contribution >= 4 is 5.91 Å². The Balaban J connectivity index is 1.26. The second kappa shape index (κ2) is 6.61. The van der Waals surface area contributed by atoms with Crippen LogP contribution in [-0.2, 0) is 17.3 Å². The minimum absolute atomic E-state index is 0.0805. The van der Waals surface area contributed by atoms with Gasteiger partial charge in [-0.2, -0.15) is 0 Å². The summed E-state index contributed by atoms with van der Waals surface area (Å²) in [5.41, 5.74) is 1.25. The van der Waals surface area contributed by atoms with Gasteiger partial charge in [0.15, 0.2) is 5.82 Å². The van der Waals surface area contributed by atoms with E-state index in [-0.39, 0.29) is 23.3 Å². The monoisotopic (exact) mass is 407 g/mol. The fourth-order valence-electron chi connectivity index (χ4n) is 7.36. The number of rotatable bonds is 4. The minimum atomic E-state index is -0.127. The SMILES string of the molecule is Cn1nnnc1C1CN(C(=O)CC2(c3ccccc3)C3CC4CC2CC(C3)C4O)C1. The topological polar surface area (TPSA) is 84.1 Å². The number of nitrogens with zero attached hydrogens (tertiary/aromatic N) is 5. The maximum absolute atomic E-state index is 13.5. The molecule has 7 heteroatoms. The number of benzene rings is 1. The van der Waals surface area contributed by atoms with Crippen LogP contribution in [0.4, 0.5) is 0 Å². The maximum atomic E-state index is 13.5. The summed E-state index contributed by atoms with van der Waals surface area (Å²) in [7, 11) is 1.85. The third kappa shape index (κ3) is 2.54. The molecule has 0 spiro atoms. The van der Waals surface area contributed by atoms with Gasteiger partial charge >= 0.3 is 0 Å². The quantitative estimate of drug-likeness (QED) is 0.837. The summed E-state index contributed by atoms with van der Waals surface area (Å²) >= 11 is 0. The van der Waals surface area contributed by atoms with Crippen molar-refractivity contribution in [1.82, 2.24) is 25.1 Å². The number of hydrogen-bond acceptors (Lipinski definition) is 5. The number of amides is 1. The molecule has 0 atom stereocenters. The van der Waals surface area contributed by atoms with Gasteiger partial charge in [0.25, 0.3) is 0 Å². The Bertz CT molecular complexity index is 922. The lowest BCUT2D eigenvalue weighted by Crippen LogP contribution is -2.62. The van der Waals surface area contributed by atoms with Crippen molar-refractivity contribution in [1.29, 1.82) is 0 Å². The summed E-state index contributed by atoms with van der Waals surface area (Å²) in [5, 5.41) is 22.4. The number of likely N-dealkylation sites (tertiary alicyclic amines) is 1. The van der Waals surface area contributed by atoms with Crippen LogP contribution in [0.3, 0.4) is 0 Å². The molecule has 1 saturated heterocycles. The van der Waals surface area contributed by atoms with Crippen molar-refractivity contribution in [3.05, 3.63) is 41.7 Å². The lowest BCUT2D eigenvalue weighted by Gasteiger charge is -2.63. The van der Waals surface area contributed by atoms with Gasteiger partial charge < -0.3 is 10.0 Å². The molecule has 4 saturated carbocycles. The van der Waals surface area contributed by atoms with E-state index in [0.717, 1.165) is 31.5 Å². The number of carbonyl (C=O) groups is 1. The van der Waals surface area contributed by atoms with E-state index in [4.69, 9.17) is 0 Å². The fraction of sp³-hybridized carbons (Fsp3) is 0.652. The van der Waals surface area contributed by atoms with E-state index in [1.54, 1.807) is 4.68 Å². The molecule has 1 aromatic carbocycles. The van der Waals surface area contributed by atoms with E-state index in [9.17, 15) is 9.90 Å². The molecule has 1 aliphatic heterocycles.